The molecule has 1 aromatic heterocycles. The molecule has 2 aromatic rings. The molecular weight excluding hydrogens is 250 g/mol. The summed E-state index contributed by atoms with van der Waals surface area (Å²) in [5.41, 5.74) is 2.32. The second kappa shape index (κ2) is 6.09. The lowest BCUT2D eigenvalue weighted by molar-refractivity contribution is 0.300. The normalized spacial score (nSPS) is 11.6. The molecule has 20 heavy (non-hydrogen) atoms. The van der Waals surface area contributed by atoms with Crippen LogP contribution in [0.2, 0.25) is 0 Å². The number of hydrogen-bond donors (Lipinski definition) is 1. The molecule has 0 saturated heterocycles. The molecule has 1 heterocycles. The van der Waals surface area contributed by atoms with Gasteiger partial charge in [0.15, 0.2) is 0 Å². The average molecular weight is 273 g/mol. The molecule has 0 aliphatic carbocycles. The number of ether oxygens (including phenoxy) is 1. The minimum atomic E-state index is 0.133. The van der Waals surface area contributed by atoms with Crippen molar-refractivity contribution in [2.45, 2.75) is 39.5 Å². The Morgan fingerprint density at radius 2 is 1.85 bits per heavy atom. The van der Waals surface area contributed by atoms with Gasteiger partial charge in [-0.15, -0.1) is 0 Å². The molecule has 0 aliphatic rings. The van der Waals surface area contributed by atoms with E-state index in [1.54, 1.807) is 4.68 Å². The van der Waals surface area contributed by atoms with Gasteiger partial charge in [0, 0.05) is 25.3 Å². The fourth-order valence-electron chi connectivity index (χ4n) is 1.77. The first kappa shape index (κ1) is 14.6. The zero-order chi connectivity index (χ0) is 14.6. The third-order valence-electron chi connectivity index (χ3n) is 2.90. The third kappa shape index (κ3) is 4.70. The molecule has 0 atom stereocenters. The molecular formula is C16H23N3O. The zero-order valence-corrected chi connectivity index (χ0v) is 12.7. The number of rotatable bonds is 5. The van der Waals surface area contributed by atoms with E-state index in [0.29, 0.717) is 6.61 Å². The smallest absolute Gasteiger partial charge is 0.132 e. The van der Waals surface area contributed by atoms with E-state index < -0.39 is 0 Å². The van der Waals surface area contributed by atoms with E-state index in [0.717, 1.165) is 18.0 Å². The van der Waals surface area contributed by atoms with Crippen molar-refractivity contribution in [2.75, 3.05) is 0 Å². The summed E-state index contributed by atoms with van der Waals surface area (Å²) in [5.74, 6) is 0.871. The minimum absolute atomic E-state index is 0.133. The van der Waals surface area contributed by atoms with Crippen LogP contribution in [0.1, 0.15) is 32.0 Å². The maximum absolute atomic E-state index is 5.71. The van der Waals surface area contributed by atoms with Crippen molar-refractivity contribution in [1.29, 1.82) is 0 Å². The molecule has 0 radical (unpaired) electrons. The molecule has 0 fully saturated rings. The number of benzene rings is 1. The zero-order valence-electron chi connectivity index (χ0n) is 12.7. The van der Waals surface area contributed by atoms with Crippen molar-refractivity contribution in [3.63, 3.8) is 0 Å². The highest BCUT2D eigenvalue weighted by molar-refractivity contribution is 5.27. The second-order valence-electron chi connectivity index (χ2n) is 6.02. The highest BCUT2D eigenvalue weighted by Crippen LogP contribution is 2.14. The third-order valence-corrected chi connectivity index (χ3v) is 2.90. The second-order valence-corrected chi connectivity index (χ2v) is 6.02. The Hall–Kier alpha value is -1.81. The van der Waals surface area contributed by atoms with Gasteiger partial charge in [-0.1, -0.05) is 12.1 Å². The lowest BCUT2D eigenvalue weighted by Crippen LogP contribution is -2.34. The van der Waals surface area contributed by atoms with Crippen LogP contribution in [0.25, 0.3) is 0 Å². The molecule has 108 valence electrons. The van der Waals surface area contributed by atoms with Crippen LogP contribution in [0.3, 0.4) is 0 Å². The summed E-state index contributed by atoms with van der Waals surface area (Å²) >= 11 is 0. The van der Waals surface area contributed by atoms with Gasteiger partial charge in [0.25, 0.3) is 0 Å². The quantitative estimate of drug-likeness (QED) is 0.910. The number of nitrogens with one attached hydrogen (secondary N) is 1. The Balaban J connectivity index is 1.85. The van der Waals surface area contributed by atoms with Gasteiger partial charge in [0.1, 0.15) is 12.4 Å². The number of aryl methyl sites for hydroxylation is 1. The molecule has 0 saturated carbocycles. The van der Waals surface area contributed by atoms with Gasteiger partial charge in [-0.05, 0) is 44.5 Å². The lowest BCUT2D eigenvalue weighted by atomic mass is 10.1. The van der Waals surface area contributed by atoms with Crippen molar-refractivity contribution in [3.05, 3.63) is 47.8 Å². The van der Waals surface area contributed by atoms with Crippen LogP contribution in [0.5, 0.6) is 5.75 Å². The molecule has 4 heteroatoms. The molecule has 4 nitrogen and oxygen atoms in total. The van der Waals surface area contributed by atoms with Gasteiger partial charge in [-0.3, -0.25) is 4.68 Å². The molecule has 0 spiro atoms. The molecule has 1 N–H and O–H groups in total. The highest BCUT2D eigenvalue weighted by atomic mass is 16.5. The topological polar surface area (TPSA) is 39.1 Å². The molecule has 1 aromatic carbocycles. The van der Waals surface area contributed by atoms with Crippen molar-refractivity contribution >= 4 is 0 Å². The van der Waals surface area contributed by atoms with Crippen molar-refractivity contribution in [1.82, 2.24) is 15.1 Å². The summed E-state index contributed by atoms with van der Waals surface area (Å²) in [6.45, 7) is 7.86. The van der Waals surface area contributed by atoms with Crippen molar-refractivity contribution in [3.8, 4) is 5.75 Å². The van der Waals surface area contributed by atoms with E-state index in [4.69, 9.17) is 4.74 Å². The summed E-state index contributed by atoms with van der Waals surface area (Å²) < 4.78 is 7.49. The van der Waals surface area contributed by atoms with E-state index in [1.807, 2.05) is 31.4 Å². The van der Waals surface area contributed by atoms with Crippen molar-refractivity contribution in [2.24, 2.45) is 7.05 Å². The fraction of sp³-hybridized carbons (Fsp3) is 0.438. The molecule has 0 bridgehead atoms. The molecule has 2 rings (SSSR count). The summed E-state index contributed by atoms with van der Waals surface area (Å²) in [4.78, 5) is 0. The number of aromatic nitrogens is 2. The first-order valence-electron chi connectivity index (χ1n) is 6.88. The first-order chi connectivity index (χ1) is 9.42. The van der Waals surface area contributed by atoms with Gasteiger partial charge in [-0.2, -0.15) is 5.10 Å². The monoisotopic (exact) mass is 273 g/mol. The van der Waals surface area contributed by atoms with Crippen LogP contribution in [-0.4, -0.2) is 15.3 Å². The summed E-state index contributed by atoms with van der Waals surface area (Å²) in [7, 11) is 1.90. The summed E-state index contributed by atoms with van der Waals surface area (Å²) in [6.07, 6.45) is 1.92. The van der Waals surface area contributed by atoms with E-state index in [2.05, 4.69) is 43.3 Å². The minimum Gasteiger partial charge on any atom is -0.487 e. The van der Waals surface area contributed by atoms with Crippen LogP contribution in [0, 0.1) is 0 Å². The van der Waals surface area contributed by atoms with E-state index >= 15 is 0 Å². The van der Waals surface area contributed by atoms with Crippen LogP contribution in [0.15, 0.2) is 36.5 Å². The van der Waals surface area contributed by atoms with Gasteiger partial charge < -0.3 is 10.1 Å². The predicted octanol–water partition coefficient (Wildman–Crippen LogP) is 2.89. The SMILES string of the molecule is Cn1ccc(COc2ccc(CNC(C)(C)C)cc2)n1. The average Bonchev–Trinajstić information content (AvgIpc) is 2.80. The lowest BCUT2D eigenvalue weighted by Gasteiger charge is -2.20. The van der Waals surface area contributed by atoms with Gasteiger partial charge >= 0.3 is 0 Å². The summed E-state index contributed by atoms with van der Waals surface area (Å²) in [6, 6.07) is 10.1. The number of hydrogen-bond acceptors (Lipinski definition) is 3. The maximum atomic E-state index is 5.71. The Labute approximate surface area is 120 Å². The van der Waals surface area contributed by atoms with Crippen LogP contribution in [0.4, 0.5) is 0 Å². The summed E-state index contributed by atoms with van der Waals surface area (Å²) in [5, 5.41) is 7.75. The van der Waals surface area contributed by atoms with E-state index in [1.165, 1.54) is 5.56 Å². The first-order valence-corrected chi connectivity index (χ1v) is 6.88. The van der Waals surface area contributed by atoms with E-state index in [-0.39, 0.29) is 5.54 Å². The molecule has 0 amide bonds. The highest BCUT2D eigenvalue weighted by Gasteiger charge is 2.08. The Morgan fingerprint density at radius 3 is 2.40 bits per heavy atom. The van der Waals surface area contributed by atoms with Crippen molar-refractivity contribution < 1.29 is 4.74 Å². The van der Waals surface area contributed by atoms with Crippen LogP contribution < -0.4 is 10.1 Å². The van der Waals surface area contributed by atoms with Gasteiger partial charge in [0.05, 0.1) is 5.69 Å². The molecule has 0 unspecified atom stereocenters. The standard InChI is InChI=1S/C16H23N3O/c1-16(2,3)17-11-13-5-7-15(8-6-13)20-12-14-9-10-19(4)18-14/h5-10,17H,11-12H2,1-4H3. The van der Waals surface area contributed by atoms with Crippen LogP contribution >= 0.6 is 0 Å². The molecule has 0 aliphatic heterocycles. The Bertz CT molecular complexity index is 538. The fourth-order valence-corrected chi connectivity index (χ4v) is 1.77. The van der Waals surface area contributed by atoms with Gasteiger partial charge in [-0.25, -0.2) is 0 Å². The van der Waals surface area contributed by atoms with E-state index in [9.17, 15) is 0 Å². The predicted molar refractivity (Wildman–Crippen MR) is 80.6 cm³/mol. The Kier molecular flexibility index (Phi) is 4.45. The van der Waals surface area contributed by atoms with Crippen LogP contribution in [-0.2, 0) is 20.2 Å². The van der Waals surface area contributed by atoms with Gasteiger partial charge in [0.2, 0.25) is 0 Å². The number of nitrogens with zero attached hydrogens (tertiary/aromatic N) is 2. The maximum Gasteiger partial charge on any atom is 0.132 e. The Morgan fingerprint density at radius 1 is 1.15 bits per heavy atom. The largest absolute Gasteiger partial charge is 0.487 e.